The molecular formula is C29H31N5O. The number of aliphatic hydroxyl groups is 1. The minimum atomic E-state index is 0.273. The van der Waals surface area contributed by atoms with Gasteiger partial charge in [-0.3, -0.25) is 4.40 Å². The van der Waals surface area contributed by atoms with E-state index in [0.717, 1.165) is 77.7 Å². The summed E-state index contributed by atoms with van der Waals surface area (Å²) in [5.41, 5.74) is 13.5. The number of hydrogen-bond donors (Lipinski definition) is 2. The number of aliphatic hydroxyl groups excluding tert-OH is 1. The zero-order valence-electron chi connectivity index (χ0n) is 20.1. The van der Waals surface area contributed by atoms with Gasteiger partial charge in [0, 0.05) is 35.9 Å². The smallest absolute Gasteiger partial charge is 0.150 e. The van der Waals surface area contributed by atoms with Gasteiger partial charge in [0.1, 0.15) is 22.9 Å². The minimum Gasteiger partial charge on any atom is -0.396 e. The summed E-state index contributed by atoms with van der Waals surface area (Å²) >= 11 is 0. The maximum Gasteiger partial charge on any atom is 0.150 e. The number of aryl methyl sites for hydroxylation is 1. The molecule has 6 rings (SSSR count). The minimum absolute atomic E-state index is 0.273. The first-order valence-corrected chi connectivity index (χ1v) is 12.6. The topological polar surface area (TPSA) is 89.3 Å². The van der Waals surface area contributed by atoms with Gasteiger partial charge < -0.3 is 10.8 Å². The number of nitrogens with zero attached hydrogens (tertiary/aromatic N) is 4. The van der Waals surface area contributed by atoms with Gasteiger partial charge in [-0.05, 0) is 74.6 Å². The van der Waals surface area contributed by atoms with Crippen LogP contribution in [0.2, 0.25) is 0 Å². The summed E-state index contributed by atoms with van der Waals surface area (Å²) < 4.78 is 2.12. The van der Waals surface area contributed by atoms with E-state index in [2.05, 4.69) is 58.8 Å². The van der Waals surface area contributed by atoms with E-state index in [1.807, 2.05) is 6.20 Å². The quantitative estimate of drug-likeness (QED) is 0.395. The van der Waals surface area contributed by atoms with E-state index in [-0.39, 0.29) is 6.61 Å². The average Bonchev–Trinajstić information content (AvgIpc) is 3.30. The van der Waals surface area contributed by atoms with Gasteiger partial charge in [-0.15, -0.1) is 0 Å². The lowest BCUT2D eigenvalue weighted by Crippen LogP contribution is -2.17. The lowest BCUT2D eigenvalue weighted by atomic mass is 9.82. The molecule has 6 nitrogen and oxygen atoms in total. The highest BCUT2D eigenvalue weighted by Gasteiger charge is 2.27. The van der Waals surface area contributed by atoms with Crippen molar-refractivity contribution in [3.8, 4) is 11.3 Å². The number of allylic oxidation sites excluding steroid dienone is 4. The number of nitrogens with two attached hydrogens (primary N) is 1. The van der Waals surface area contributed by atoms with Crippen molar-refractivity contribution in [1.29, 1.82) is 0 Å². The van der Waals surface area contributed by atoms with Gasteiger partial charge in [-0.25, -0.2) is 15.0 Å². The van der Waals surface area contributed by atoms with Crippen LogP contribution in [0.25, 0.3) is 33.3 Å². The van der Waals surface area contributed by atoms with Gasteiger partial charge in [0.25, 0.3) is 0 Å². The highest BCUT2D eigenvalue weighted by molar-refractivity contribution is 5.92. The molecule has 3 heterocycles. The Morgan fingerprint density at radius 3 is 2.71 bits per heavy atom. The third-order valence-corrected chi connectivity index (χ3v) is 7.66. The van der Waals surface area contributed by atoms with Gasteiger partial charge in [-0.2, -0.15) is 0 Å². The van der Waals surface area contributed by atoms with E-state index in [0.29, 0.717) is 17.7 Å². The monoisotopic (exact) mass is 465 g/mol. The molecule has 1 fully saturated rings. The Morgan fingerprint density at radius 1 is 1.09 bits per heavy atom. The molecule has 0 amide bonds. The molecule has 6 heteroatoms. The fourth-order valence-electron chi connectivity index (χ4n) is 5.68. The molecule has 0 radical (unpaired) electrons. The van der Waals surface area contributed by atoms with Crippen LogP contribution in [0.4, 0.5) is 5.82 Å². The highest BCUT2D eigenvalue weighted by atomic mass is 16.3. The SMILES string of the molecule is Cc1cc(C2=CCCC=C2)nc2cc(-c3nc(C4CCC(CO)CC4)n4ccnc(N)c34)ccc12. The van der Waals surface area contributed by atoms with Crippen LogP contribution in [0.3, 0.4) is 0 Å². The van der Waals surface area contributed by atoms with Crippen molar-refractivity contribution < 1.29 is 5.11 Å². The summed E-state index contributed by atoms with van der Waals surface area (Å²) in [6.07, 6.45) is 16.6. The molecule has 35 heavy (non-hydrogen) atoms. The van der Waals surface area contributed by atoms with Crippen molar-refractivity contribution in [1.82, 2.24) is 19.4 Å². The molecule has 0 aliphatic heterocycles. The third kappa shape index (κ3) is 3.92. The summed E-state index contributed by atoms with van der Waals surface area (Å²) in [6, 6.07) is 8.59. The fourth-order valence-corrected chi connectivity index (χ4v) is 5.68. The number of aromatic nitrogens is 4. The fraction of sp³-hybridized carbons (Fsp3) is 0.345. The van der Waals surface area contributed by atoms with Crippen molar-refractivity contribution in [2.24, 2.45) is 5.92 Å². The van der Waals surface area contributed by atoms with E-state index in [4.69, 9.17) is 15.7 Å². The maximum atomic E-state index is 9.56. The first-order valence-electron chi connectivity index (χ1n) is 12.6. The second-order valence-electron chi connectivity index (χ2n) is 9.95. The van der Waals surface area contributed by atoms with Gasteiger partial charge in [0.2, 0.25) is 0 Å². The lowest BCUT2D eigenvalue weighted by molar-refractivity contribution is 0.181. The van der Waals surface area contributed by atoms with Gasteiger partial charge in [0.05, 0.1) is 11.2 Å². The summed E-state index contributed by atoms with van der Waals surface area (Å²) in [7, 11) is 0. The summed E-state index contributed by atoms with van der Waals surface area (Å²) in [5.74, 6) is 2.27. The number of rotatable bonds is 4. The summed E-state index contributed by atoms with van der Waals surface area (Å²) in [4.78, 5) is 14.6. The summed E-state index contributed by atoms with van der Waals surface area (Å²) in [6.45, 7) is 2.42. The lowest BCUT2D eigenvalue weighted by Gasteiger charge is -2.26. The van der Waals surface area contributed by atoms with E-state index in [1.165, 1.54) is 11.1 Å². The van der Waals surface area contributed by atoms with Crippen molar-refractivity contribution in [2.75, 3.05) is 12.3 Å². The zero-order valence-corrected chi connectivity index (χ0v) is 20.1. The molecule has 2 aliphatic rings. The number of hydrogen-bond acceptors (Lipinski definition) is 5. The highest BCUT2D eigenvalue weighted by Crippen LogP contribution is 2.39. The predicted octanol–water partition coefficient (Wildman–Crippen LogP) is 5.83. The van der Waals surface area contributed by atoms with Crippen LogP contribution in [-0.2, 0) is 0 Å². The molecule has 2 aliphatic carbocycles. The van der Waals surface area contributed by atoms with E-state index < -0.39 is 0 Å². The molecule has 4 aromatic rings. The van der Waals surface area contributed by atoms with E-state index in [1.54, 1.807) is 6.20 Å². The van der Waals surface area contributed by atoms with E-state index >= 15 is 0 Å². The number of nitrogen functional groups attached to an aromatic ring is 1. The number of imidazole rings is 1. The van der Waals surface area contributed by atoms with Crippen molar-refractivity contribution >= 4 is 27.8 Å². The second-order valence-corrected chi connectivity index (χ2v) is 9.95. The van der Waals surface area contributed by atoms with Crippen molar-refractivity contribution in [3.05, 3.63) is 72.0 Å². The van der Waals surface area contributed by atoms with Gasteiger partial charge >= 0.3 is 0 Å². The molecule has 0 saturated heterocycles. The average molecular weight is 466 g/mol. The molecule has 3 aromatic heterocycles. The Bertz CT molecular complexity index is 1470. The third-order valence-electron chi connectivity index (χ3n) is 7.66. The Kier molecular flexibility index (Phi) is 5.61. The van der Waals surface area contributed by atoms with E-state index in [9.17, 15) is 5.11 Å². The van der Waals surface area contributed by atoms with Crippen LogP contribution in [0, 0.1) is 12.8 Å². The van der Waals surface area contributed by atoms with Crippen LogP contribution in [0.5, 0.6) is 0 Å². The molecule has 0 bridgehead atoms. The van der Waals surface area contributed by atoms with Crippen LogP contribution < -0.4 is 5.73 Å². The zero-order chi connectivity index (χ0) is 23.9. The Hall–Kier alpha value is -3.51. The first-order chi connectivity index (χ1) is 17.1. The molecule has 3 N–H and O–H groups in total. The first kappa shape index (κ1) is 22.0. The molecule has 1 aromatic carbocycles. The number of benzene rings is 1. The molecule has 0 atom stereocenters. The normalized spacial score (nSPS) is 20.5. The Balaban J connectivity index is 1.47. The predicted molar refractivity (Wildman–Crippen MR) is 141 cm³/mol. The van der Waals surface area contributed by atoms with Crippen LogP contribution in [-0.4, -0.2) is 31.1 Å². The second kappa shape index (κ2) is 8.93. The molecule has 0 spiro atoms. The number of pyridine rings is 1. The number of anilines is 1. The van der Waals surface area contributed by atoms with Crippen molar-refractivity contribution in [2.45, 2.75) is 51.4 Å². The Morgan fingerprint density at radius 2 is 1.94 bits per heavy atom. The molecule has 0 unspecified atom stereocenters. The van der Waals surface area contributed by atoms with Crippen LogP contribution in [0.15, 0.2) is 54.9 Å². The molecule has 1 saturated carbocycles. The Labute approximate surface area is 205 Å². The van der Waals surface area contributed by atoms with Crippen molar-refractivity contribution in [3.63, 3.8) is 0 Å². The maximum absolute atomic E-state index is 9.56. The van der Waals surface area contributed by atoms with Gasteiger partial charge in [-0.1, -0.05) is 30.4 Å². The van der Waals surface area contributed by atoms with Crippen LogP contribution >= 0.6 is 0 Å². The molecule has 178 valence electrons. The largest absolute Gasteiger partial charge is 0.396 e. The van der Waals surface area contributed by atoms with Crippen LogP contribution in [0.1, 0.15) is 61.5 Å². The standard InChI is InChI=1S/C29H31N5O/c1-18-15-24(20-5-3-2-4-6-20)32-25-16-22(11-12-23(18)25)26-27-28(30)31-13-14-34(27)29(33-26)21-9-7-19(17-35)8-10-21/h3,5-6,11-16,19,21,35H,2,4,7-10,17H2,1H3,(H2,30,31). The number of fused-ring (bicyclic) bond motifs is 2. The molecular weight excluding hydrogens is 434 g/mol. The van der Waals surface area contributed by atoms with Gasteiger partial charge in [0.15, 0.2) is 0 Å². The summed E-state index contributed by atoms with van der Waals surface area (Å²) in [5, 5.41) is 10.7.